The van der Waals surface area contributed by atoms with Crippen LogP contribution in [0, 0.1) is 0 Å². The highest BCUT2D eigenvalue weighted by atomic mass is 19.3. The van der Waals surface area contributed by atoms with E-state index in [4.69, 9.17) is 14.6 Å². The van der Waals surface area contributed by atoms with E-state index in [-0.39, 0.29) is 19.1 Å². The quantitative estimate of drug-likeness (QED) is 0.528. The average Bonchev–Trinajstić information content (AvgIpc) is 3.10. The van der Waals surface area contributed by atoms with Crippen molar-refractivity contribution in [3.63, 3.8) is 0 Å². The fourth-order valence-corrected chi connectivity index (χ4v) is 3.77. The molecule has 8 nitrogen and oxygen atoms in total. The summed E-state index contributed by atoms with van der Waals surface area (Å²) >= 11 is 0. The number of rotatable bonds is 9. The van der Waals surface area contributed by atoms with E-state index in [1.165, 1.54) is 14.0 Å². The minimum absolute atomic E-state index is 0.0123. The van der Waals surface area contributed by atoms with E-state index < -0.39 is 36.0 Å². The highest BCUT2D eigenvalue weighted by Crippen LogP contribution is 2.44. The van der Waals surface area contributed by atoms with E-state index in [2.05, 4.69) is 5.32 Å². The number of methoxy groups -OCH3 is 1. The van der Waals surface area contributed by atoms with Crippen LogP contribution in [0.5, 0.6) is 0 Å². The number of nitrogens with one attached hydrogen (secondary N) is 2. The Balaban J connectivity index is 1.67. The normalized spacial score (nSPS) is 14.5. The number of benzene rings is 2. The van der Waals surface area contributed by atoms with Crippen molar-refractivity contribution in [2.45, 2.75) is 24.3 Å². The summed E-state index contributed by atoms with van der Waals surface area (Å²) in [5.74, 6) is -7.78. The van der Waals surface area contributed by atoms with E-state index in [0.29, 0.717) is 0 Å². The number of hydrogen-bond acceptors (Lipinski definition) is 5. The monoisotopic (exact) mass is 462 g/mol. The van der Waals surface area contributed by atoms with Gasteiger partial charge in [-0.2, -0.15) is 8.78 Å². The average molecular weight is 462 g/mol. The molecule has 3 rings (SSSR count). The van der Waals surface area contributed by atoms with Crippen LogP contribution in [0.3, 0.4) is 0 Å². The molecule has 0 saturated heterocycles. The van der Waals surface area contributed by atoms with Crippen molar-refractivity contribution in [3.05, 3.63) is 59.7 Å². The molecule has 1 aliphatic rings. The number of halogens is 2. The molecule has 0 aromatic heterocycles. The Morgan fingerprint density at radius 1 is 1.03 bits per heavy atom. The number of ether oxygens (including phenoxy) is 2. The highest BCUT2D eigenvalue weighted by Gasteiger charge is 2.42. The van der Waals surface area contributed by atoms with Gasteiger partial charge in [-0.15, -0.1) is 0 Å². The van der Waals surface area contributed by atoms with E-state index in [9.17, 15) is 23.2 Å². The second-order valence-corrected chi connectivity index (χ2v) is 7.91. The summed E-state index contributed by atoms with van der Waals surface area (Å²) < 4.78 is 37.0. The minimum atomic E-state index is -4.16. The van der Waals surface area contributed by atoms with Gasteiger partial charge >= 0.3 is 18.0 Å². The predicted molar refractivity (Wildman–Crippen MR) is 114 cm³/mol. The number of carboxylic acids is 1. The van der Waals surface area contributed by atoms with Crippen molar-refractivity contribution in [3.8, 4) is 11.1 Å². The topological polar surface area (TPSA) is 114 Å². The molecule has 1 atom stereocenters. The molecule has 0 radical (unpaired) electrons. The highest BCUT2D eigenvalue weighted by molar-refractivity contribution is 5.90. The number of aliphatic carboxylic acids is 1. The Kier molecular flexibility index (Phi) is 6.97. The number of alkyl carbamates (subject to hydrolysis) is 1. The van der Waals surface area contributed by atoms with Gasteiger partial charge in [-0.3, -0.25) is 4.79 Å². The first-order chi connectivity index (χ1) is 15.6. The largest absolute Gasteiger partial charge is 0.477 e. The lowest BCUT2D eigenvalue weighted by atomic mass is 9.98. The molecule has 33 heavy (non-hydrogen) atoms. The van der Waals surface area contributed by atoms with Gasteiger partial charge in [0.05, 0.1) is 13.2 Å². The van der Waals surface area contributed by atoms with Gasteiger partial charge in [0, 0.05) is 13.0 Å². The van der Waals surface area contributed by atoms with Gasteiger partial charge in [0.1, 0.15) is 12.1 Å². The Bertz CT molecular complexity index is 1020. The van der Waals surface area contributed by atoms with E-state index in [1.807, 2.05) is 53.8 Å². The third-order valence-corrected chi connectivity index (χ3v) is 5.44. The molecule has 10 heteroatoms. The maximum Gasteiger partial charge on any atom is 0.408 e. The Morgan fingerprint density at radius 2 is 1.58 bits per heavy atom. The standard InChI is InChI=1S/C23H24F2N2O6/c1-22(13-32-2,19(28)26-12-23(24,25)20(29)30)27-21(31)33-11-18-16-9-5-3-7-14(16)15-8-4-6-10-17(15)18/h3-10,18H,11-13H2,1-2H3,(H,26,28)(H,27,31)(H,29,30). The van der Waals surface area contributed by atoms with Crippen molar-refractivity contribution < 1.29 is 37.7 Å². The maximum absolute atomic E-state index is 13.3. The molecule has 0 spiro atoms. The first kappa shape index (κ1) is 24.1. The van der Waals surface area contributed by atoms with Crippen LogP contribution in [-0.4, -0.2) is 61.4 Å². The second-order valence-electron chi connectivity index (χ2n) is 7.91. The first-order valence-electron chi connectivity index (χ1n) is 10.1. The molecule has 0 bridgehead atoms. The number of alkyl halides is 2. The van der Waals surface area contributed by atoms with Gasteiger partial charge in [-0.25, -0.2) is 9.59 Å². The lowest BCUT2D eigenvalue weighted by Crippen LogP contribution is -2.61. The lowest BCUT2D eigenvalue weighted by molar-refractivity contribution is -0.164. The number of fused-ring (bicyclic) bond motifs is 3. The number of hydrogen-bond donors (Lipinski definition) is 3. The second kappa shape index (κ2) is 9.53. The SMILES string of the molecule is COCC(C)(NC(=O)OCC1c2ccccc2-c2ccccc21)C(=O)NCC(F)(F)C(=O)O. The van der Waals surface area contributed by atoms with Gasteiger partial charge in [0.25, 0.3) is 0 Å². The molecular weight excluding hydrogens is 438 g/mol. The number of carboxylic acid groups (broad SMARTS) is 1. The molecule has 2 aromatic carbocycles. The zero-order valence-corrected chi connectivity index (χ0v) is 18.1. The van der Waals surface area contributed by atoms with Crippen molar-refractivity contribution in [1.29, 1.82) is 0 Å². The Hall–Kier alpha value is -3.53. The van der Waals surface area contributed by atoms with Crippen LogP contribution in [0.4, 0.5) is 13.6 Å². The smallest absolute Gasteiger partial charge is 0.408 e. The molecular formula is C23H24F2N2O6. The Labute approximate surface area is 188 Å². The van der Waals surface area contributed by atoms with Crippen LogP contribution >= 0.6 is 0 Å². The van der Waals surface area contributed by atoms with Gasteiger partial charge in [-0.05, 0) is 29.2 Å². The Morgan fingerprint density at radius 3 is 2.09 bits per heavy atom. The zero-order valence-electron chi connectivity index (χ0n) is 18.1. The minimum Gasteiger partial charge on any atom is -0.477 e. The third-order valence-electron chi connectivity index (χ3n) is 5.44. The summed E-state index contributed by atoms with van der Waals surface area (Å²) in [5, 5.41) is 12.7. The van der Waals surface area contributed by atoms with E-state index in [0.717, 1.165) is 22.3 Å². The van der Waals surface area contributed by atoms with Crippen LogP contribution < -0.4 is 10.6 Å². The number of amides is 2. The van der Waals surface area contributed by atoms with Gasteiger partial charge < -0.3 is 25.2 Å². The summed E-state index contributed by atoms with van der Waals surface area (Å²) in [7, 11) is 1.26. The predicted octanol–water partition coefficient (Wildman–Crippen LogP) is 2.77. The van der Waals surface area contributed by atoms with Gasteiger partial charge in [0.2, 0.25) is 5.91 Å². The molecule has 2 aromatic rings. The zero-order chi connectivity index (χ0) is 24.2. The molecule has 0 saturated carbocycles. The van der Waals surface area contributed by atoms with E-state index >= 15 is 0 Å². The maximum atomic E-state index is 13.3. The van der Waals surface area contributed by atoms with Gasteiger partial charge in [0.15, 0.2) is 0 Å². The number of carbonyl (C=O) groups is 3. The summed E-state index contributed by atoms with van der Waals surface area (Å²) in [5.41, 5.74) is 2.32. The van der Waals surface area contributed by atoms with Crippen LogP contribution in [0.2, 0.25) is 0 Å². The molecule has 3 N–H and O–H groups in total. The molecule has 176 valence electrons. The lowest BCUT2D eigenvalue weighted by Gasteiger charge is -2.29. The van der Waals surface area contributed by atoms with E-state index in [1.54, 1.807) is 0 Å². The molecule has 0 heterocycles. The molecule has 0 fully saturated rings. The summed E-state index contributed by atoms with van der Waals surface area (Å²) in [6.07, 6.45) is -0.948. The molecule has 0 aliphatic heterocycles. The van der Waals surface area contributed by atoms with Crippen LogP contribution in [-0.2, 0) is 19.1 Å². The summed E-state index contributed by atoms with van der Waals surface area (Å²) in [4.78, 5) is 35.5. The van der Waals surface area contributed by atoms with Crippen molar-refractivity contribution in [2.75, 3.05) is 26.9 Å². The van der Waals surface area contributed by atoms with Gasteiger partial charge in [-0.1, -0.05) is 48.5 Å². The first-order valence-corrected chi connectivity index (χ1v) is 10.1. The number of carbonyl (C=O) groups excluding carboxylic acids is 2. The fourth-order valence-electron chi connectivity index (χ4n) is 3.77. The van der Waals surface area contributed by atoms with Crippen molar-refractivity contribution in [2.24, 2.45) is 0 Å². The molecule has 1 aliphatic carbocycles. The third kappa shape index (κ3) is 5.11. The van der Waals surface area contributed by atoms with Crippen LogP contribution in [0.25, 0.3) is 11.1 Å². The molecule has 2 amide bonds. The van der Waals surface area contributed by atoms with Crippen LogP contribution in [0.1, 0.15) is 24.0 Å². The summed E-state index contributed by atoms with van der Waals surface area (Å²) in [6, 6.07) is 15.5. The van der Waals surface area contributed by atoms with Crippen molar-refractivity contribution in [1.82, 2.24) is 10.6 Å². The van der Waals surface area contributed by atoms with Crippen molar-refractivity contribution >= 4 is 18.0 Å². The molecule has 1 unspecified atom stereocenters. The summed E-state index contributed by atoms with van der Waals surface area (Å²) in [6.45, 7) is -0.553. The van der Waals surface area contributed by atoms with Crippen LogP contribution in [0.15, 0.2) is 48.5 Å². The fraction of sp³-hybridized carbons (Fsp3) is 0.348.